The third-order valence-electron chi connectivity index (χ3n) is 0.929. The molecule has 0 unspecified atom stereocenters. The zero-order valence-electron chi connectivity index (χ0n) is 5.32. The Bertz CT molecular complexity index is 227. The number of nitrogens with zero attached hydrogens (tertiary/aromatic N) is 2. The highest BCUT2D eigenvalue weighted by Gasteiger charge is 1.91. The van der Waals surface area contributed by atoms with Crippen molar-refractivity contribution in [3.8, 4) is 0 Å². The molecule has 0 aromatic carbocycles. The van der Waals surface area contributed by atoms with E-state index in [-0.39, 0.29) is 5.91 Å². The molecule has 1 heterocycles. The van der Waals surface area contributed by atoms with Crippen LogP contribution in [0.25, 0.3) is 0 Å². The maximum atomic E-state index is 10.6. The van der Waals surface area contributed by atoms with Gasteiger partial charge in [-0.05, 0) is 6.08 Å². The van der Waals surface area contributed by atoms with Gasteiger partial charge in [0.1, 0.15) is 6.33 Å². The van der Waals surface area contributed by atoms with E-state index in [2.05, 4.69) is 17.0 Å². The van der Waals surface area contributed by atoms with Crippen LogP contribution in [0.1, 0.15) is 0 Å². The van der Waals surface area contributed by atoms with E-state index in [4.69, 9.17) is 0 Å². The summed E-state index contributed by atoms with van der Waals surface area (Å²) >= 11 is 0. The summed E-state index contributed by atoms with van der Waals surface area (Å²) in [6.45, 7) is 3.30. The van der Waals surface area contributed by atoms with Crippen molar-refractivity contribution in [3.05, 3.63) is 31.4 Å². The van der Waals surface area contributed by atoms with Crippen LogP contribution in [0.4, 0.5) is 0 Å². The minimum absolute atomic E-state index is 0.252. The molecular formula is C6H7N3O. The summed E-state index contributed by atoms with van der Waals surface area (Å²) in [6.07, 6.45) is 5.88. The van der Waals surface area contributed by atoms with Crippen LogP contribution >= 0.6 is 0 Å². The molecule has 0 atom stereocenters. The van der Waals surface area contributed by atoms with Gasteiger partial charge in [-0.25, -0.2) is 9.66 Å². The highest BCUT2D eigenvalue weighted by Crippen LogP contribution is 1.79. The van der Waals surface area contributed by atoms with Crippen LogP contribution in [0.2, 0.25) is 0 Å². The maximum absolute atomic E-state index is 10.6. The van der Waals surface area contributed by atoms with Crippen molar-refractivity contribution in [2.24, 2.45) is 0 Å². The van der Waals surface area contributed by atoms with Crippen LogP contribution in [0.5, 0.6) is 0 Å². The molecule has 0 fully saturated rings. The minimum Gasteiger partial charge on any atom is -0.268 e. The first-order valence-electron chi connectivity index (χ1n) is 2.74. The highest BCUT2D eigenvalue weighted by atomic mass is 16.2. The quantitative estimate of drug-likeness (QED) is 0.589. The van der Waals surface area contributed by atoms with E-state index < -0.39 is 0 Å². The van der Waals surface area contributed by atoms with Gasteiger partial charge in [0.2, 0.25) is 0 Å². The summed E-state index contributed by atoms with van der Waals surface area (Å²) in [5.41, 5.74) is 2.47. The van der Waals surface area contributed by atoms with Crippen molar-refractivity contribution in [1.29, 1.82) is 0 Å². The molecule has 0 saturated heterocycles. The smallest absolute Gasteiger partial charge is 0.262 e. The zero-order chi connectivity index (χ0) is 7.40. The molecule has 0 saturated carbocycles. The lowest BCUT2D eigenvalue weighted by Crippen LogP contribution is -2.18. The fourth-order valence-corrected chi connectivity index (χ4v) is 0.498. The number of carbonyl (C=O) groups is 1. The highest BCUT2D eigenvalue weighted by molar-refractivity contribution is 5.93. The molecule has 0 aliphatic carbocycles. The Morgan fingerprint density at radius 1 is 1.80 bits per heavy atom. The van der Waals surface area contributed by atoms with Gasteiger partial charge in [-0.2, -0.15) is 0 Å². The van der Waals surface area contributed by atoms with Gasteiger partial charge in [0.25, 0.3) is 5.91 Å². The molecule has 0 bridgehead atoms. The van der Waals surface area contributed by atoms with Gasteiger partial charge in [0.05, 0.1) is 0 Å². The first kappa shape index (κ1) is 6.54. The van der Waals surface area contributed by atoms with Crippen molar-refractivity contribution in [2.45, 2.75) is 0 Å². The molecule has 52 valence electrons. The van der Waals surface area contributed by atoms with Crippen LogP contribution in [0, 0.1) is 0 Å². The topological polar surface area (TPSA) is 46.9 Å². The first-order valence-corrected chi connectivity index (χ1v) is 2.74. The standard InChI is InChI=1S/C6H7N3O/c1-2-6(10)8-9-4-3-7-5-9/h2-5H,1H2,(H,8,10). The van der Waals surface area contributed by atoms with Gasteiger partial charge < -0.3 is 0 Å². The van der Waals surface area contributed by atoms with Crippen molar-refractivity contribution >= 4 is 5.91 Å². The number of hydrogen-bond acceptors (Lipinski definition) is 2. The van der Waals surface area contributed by atoms with E-state index >= 15 is 0 Å². The molecule has 4 heteroatoms. The molecule has 1 aromatic heterocycles. The van der Waals surface area contributed by atoms with E-state index in [0.717, 1.165) is 0 Å². The maximum Gasteiger partial charge on any atom is 0.262 e. The third-order valence-corrected chi connectivity index (χ3v) is 0.929. The second-order valence-electron chi connectivity index (χ2n) is 1.65. The molecule has 0 aliphatic rings. The van der Waals surface area contributed by atoms with Crippen molar-refractivity contribution < 1.29 is 4.79 Å². The van der Waals surface area contributed by atoms with E-state index in [1.165, 1.54) is 17.1 Å². The van der Waals surface area contributed by atoms with Gasteiger partial charge in [-0.15, -0.1) is 0 Å². The number of imidazole rings is 1. The third kappa shape index (κ3) is 1.45. The van der Waals surface area contributed by atoms with Gasteiger partial charge in [0.15, 0.2) is 0 Å². The average molecular weight is 137 g/mol. The summed E-state index contributed by atoms with van der Waals surface area (Å²) in [6, 6.07) is 0. The van der Waals surface area contributed by atoms with E-state index in [0.29, 0.717) is 0 Å². The number of hydrogen-bond donors (Lipinski definition) is 1. The minimum atomic E-state index is -0.252. The predicted molar refractivity (Wildman–Crippen MR) is 36.8 cm³/mol. The normalized spacial score (nSPS) is 8.80. The Kier molecular flexibility index (Phi) is 1.84. The molecular weight excluding hydrogens is 130 g/mol. The van der Waals surface area contributed by atoms with E-state index in [9.17, 15) is 4.79 Å². The number of aromatic nitrogens is 2. The summed E-state index contributed by atoms with van der Waals surface area (Å²) in [5.74, 6) is -0.252. The number of nitrogens with one attached hydrogen (secondary N) is 1. The van der Waals surface area contributed by atoms with Crippen LogP contribution in [-0.4, -0.2) is 15.6 Å². The van der Waals surface area contributed by atoms with E-state index in [1.54, 1.807) is 12.4 Å². The van der Waals surface area contributed by atoms with Gasteiger partial charge in [-0.3, -0.25) is 10.2 Å². The fourth-order valence-electron chi connectivity index (χ4n) is 0.498. The Morgan fingerprint density at radius 2 is 2.60 bits per heavy atom. The molecule has 1 amide bonds. The summed E-state index contributed by atoms with van der Waals surface area (Å²) in [5, 5.41) is 0. The number of carbonyl (C=O) groups excluding carboxylic acids is 1. The second kappa shape index (κ2) is 2.82. The van der Waals surface area contributed by atoms with Crippen molar-refractivity contribution in [3.63, 3.8) is 0 Å². The molecule has 4 nitrogen and oxygen atoms in total. The summed E-state index contributed by atoms with van der Waals surface area (Å²) in [7, 11) is 0. The molecule has 0 spiro atoms. The summed E-state index contributed by atoms with van der Waals surface area (Å²) in [4.78, 5) is 14.3. The van der Waals surface area contributed by atoms with Crippen molar-refractivity contribution in [2.75, 3.05) is 5.43 Å². The largest absolute Gasteiger partial charge is 0.268 e. The lowest BCUT2D eigenvalue weighted by molar-refractivity contribution is -0.112. The Hall–Kier alpha value is -1.58. The van der Waals surface area contributed by atoms with E-state index in [1.807, 2.05) is 0 Å². The monoisotopic (exact) mass is 137 g/mol. The second-order valence-corrected chi connectivity index (χ2v) is 1.65. The molecule has 10 heavy (non-hydrogen) atoms. The molecule has 0 radical (unpaired) electrons. The van der Waals surface area contributed by atoms with Crippen molar-refractivity contribution in [1.82, 2.24) is 9.66 Å². The average Bonchev–Trinajstić information content (AvgIpc) is 2.40. The Balaban J connectivity index is 2.56. The fraction of sp³-hybridized carbons (Fsp3) is 0. The molecule has 0 aliphatic heterocycles. The summed E-state index contributed by atoms with van der Waals surface area (Å²) < 4.78 is 1.45. The lowest BCUT2D eigenvalue weighted by atomic mass is 10.6. The number of rotatable bonds is 2. The van der Waals surface area contributed by atoms with Crippen LogP contribution in [0.3, 0.4) is 0 Å². The Morgan fingerprint density at radius 3 is 3.10 bits per heavy atom. The molecule has 1 rings (SSSR count). The zero-order valence-corrected chi connectivity index (χ0v) is 5.32. The van der Waals surface area contributed by atoms with Crippen LogP contribution < -0.4 is 5.43 Å². The van der Waals surface area contributed by atoms with Crippen LogP contribution in [-0.2, 0) is 4.79 Å². The predicted octanol–water partition coefficient (Wildman–Crippen LogP) is 0.139. The van der Waals surface area contributed by atoms with Gasteiger partial charge in [-0.1, -0.05) is 6.58 Å². The first-order chi connectivity index (χ1) is 4.83. The molecule has 1 N–H and O–H groups in total. The van der Waals surface area contributed by atoms with Gasteiger partial charge in [0, 0.05) is 12.4 Å². The van der Waals surface area contributed by atoms with Gasteiger partial charge >= 0.3 is 0 Å². The molecule has 1 aromatic rings. The Labute approximate surface area is 58.2 Å². The van der Waals surface area contributed by atoms with Crippen LogP contribution in [0.15, 0.2) is 31.4 Å². The number of amides is 1. The lowest BCUT2D eigenvalue weighted by Gasteiger charge is -1.98. The SMILES string of the molecule is C=CC(=O)Nn1ccnc1.